The first-order chi connectivity index (χ1) is 14.0. The van der Waals surface area contributed by atoms with E-state index in [1.165, 1.54) is 0 Å². The molecule has 0 radical (unpaired) electrons. The number of rotatable bonds is 5. The standard InChI is InChI=1S/C23H21N5O/c1-15-7-5-6-8-19(15)22-26-27-23(29-22)21-14-24-13-20(25-21)18-11-9-17(10-12-18)16(2)28(3)4/h5-14H,2H2,1,3-4H3. The molecule has 0 aliphatic rings. The predicted octanol–water partition coefficient (Wildman–Crippen LogP) is 4.70. The first-order valence-corrected chi connectivity index (χ1v) is 9.22. The molecule has 4 rings (SSSR count). The topological polar surface area (TPSA) is 67.9 Å². The molecule has 0 saturated heterocycles. The molecule has 0 aliphatic heterocycles. The van der Waals surface area contributed by atoms with Crippen LogP contribution in [0.2, 0.25) is 0 Å². The quantitative estimate of drug-likeness (QED) is 0.497. The zero-order valence-corrected chi connectivity index (χ0v) is 16.6. The summed E-state index contributed by atoms with van der Waals surface area (Å²) in [5, 5.41) is 8.33. The smallest absolute Gasteiger partial charge is 0.268 e. The second-order valence-electron chi connectivity index (χ2n) is 6.94. The molecule has 144 valence electrons. The fourth-order valence-corrected chi connectivity index (χ4v) is 2.95. The lowest BCUT2D eigenvalue weighted by molar-refractivity contribution is 0.581. The molecular formula is C23H21N5O. The van der Waals surface area contributed by atoms with E-state index in [-0.39, 0.29) is 0 Å². The molecule has 0 aliphatic carbocycles. The lowest BCUT2D eigenvalue weighted by Gasteiger charge is -2.15. The van der Waals surface area contributed by atoms with Gasteiger partial charge in [0.2, 0.25) is 5.89 Å². The molecule has 0 amide bonds. The van der Waals surface area contributed by atoms with Crippen LogP contribution in [0.5, 0.6) is 0 Å². The third-order valence-corrected chi connectivity index (χ3v) is 4.71. The van der Waals surface area contributed by atoms with E-state index in [1.807, 2.05) is 74.4 Å². The van der Waals surface area contributed by atoms with Crippen LogP contribution in [-0.2, 0) is 0 Å². The van der Waals surface area contributed by atoms with Gasteiger partial charge in [-0.25, -0.2) is 4.98 Å². The van der Waals surface area contributed by atoms with Gasteiger partial charge < -0.3 is 9.32 Å². The Balaban J connectivity index is 1.63. The van der Waals surface area contributed by atoms with E-state index in [1.54, 1.807) is 12.4 Å². The Morgan fingerprint density at radius 3 is 2.31 bits per heavy atom. The van der Waals surface area contributed by atoms with Crippen LogP contribution in [-0.4, -0.2) is 39.2 Å². The first kappa shape index (κ1) is 18.6. The Morgan fingerprint density at radius 1 is 0.897 bits per heavy atom. The highest BCUT2D eigenvalue weighted by atomic mass is 16.4. The van der Waals surface area contributed by atoms with Crippen molar-refractivity contribution in [2.45, 2.75) is 6.92 Å². The Hall–Kier alpha value is -3.80. The molecule has 4 aromatic rings. The average molecular weight is 383 g/mol. The fraction of sp³-hybridized carbons (Fsp3) is 0.130. The fourth-order valence-electron chi connectivity index (χ4n) is 2.95. The largest absolute Gasteiger partial charge is 0.415 e. The summed E-state index contributed by atoms with van der Waals surface area (Å²) in [6.07, 6.45) is 3.35. The molecule has 0 fully saturated rings. The van der Waals surface area contributed by atoms with Gasteiger partial charge in [0.1, 0.15) is 5.69 Å². The molecule has 6 heteroatoms. The molecule has 0 saturated carbocycles. The molecule has 0 unspecified atom stereocenters. The molecule has 0 N–H and O–H groups in total. The molecule has 2 aromatic carbocycles. The number of aromatic nitrogens is 4. The van der Waals surface area contributed by atoms with Crippen LogP contribution < -0.4 is 0 Å². The SMILES string of the molecule is C=C(c1ccc(-c2cncc(-c3nnc(-c4ccccc4C)o3)n2)cc1)N(C)C. The highest BCUT2D eigenvalue weighted by molar-refractivity contribution is 5.67. The van der Waals surface area contributed by atoms with Crippen molar-refractivity contribution in [1.82, 2.24) is 25.1 Å². The van der Waals surface area contributed by atoms with E-state index < -0.39 is 0 Å². The maximum atomic E-state index is 5.86. The van der Waals surface area contributed by atoms with Crippen molar-refractivity contribution in [2.24, 2.45) is 0 Å². The summed E-state index contributed by atoms with van der Waals surface area (Å²) < 4.78 is 5.86. The number of hydrogen-bond donors (Lipinski definition) is 0. The summed E-state index contributed by atoms with van der Waals surface area (Å²) in [6, 6.07) is 15.9. The third kappa shape index (κ3) is 3.78. The maximum Gasteiger partial charge on any atom is 0.268 e. The van der Waals surface area contributed by atoms with Gasteiger partial charge in [-0.05, 0) is 24.1 Å². The molecule has 0 bridgehead atoms. The lowest BCUT2D eigenvalue weighted by Crippen LogP contribution is -2.08. The van der Waals surface area contributed by atoms with Gasteiger partial charge in [0.15, 0.2) is 0 Å². The van der Waals surface area contributed by atoms with Crippen LogP contribution in [0.1, 0.15) is 11.1 Å². The van der Waals surface area contributed by atoms with Crippen molar-refractivity contribution in [3.8, 4) is 34.3 Å². The van der Waals surface area contributed by atoms with Crippen molar-refractivity contribution in [3.05, 3.63) is 78.6 Å². The van der Waals surface area contributed by atoms with Crippen LogP contribution in [0.4, 0.5) is 0 Å². The summed E-state index contributed by atoms with van der Waals surface area (Å²) in [5.41, 5.74) is 6.22. The van der Waals surface area contributed by atoms with Crippen molar-refractivity contribution in [3.63, 3.8) is 0 Å². The number of aryl methyl sites for hydroxylation is 1. The average Bonchev–Trinajstić information content (AvgIpc) is 3.24. The van der Waals surface area contributed by atoms with Crippen LogP contribution >= 0.6 is 0 Å². The predicted molar refractivity (Wildman–Crippen MR) is 114 cm³/mol. The highest BCUT2D eigenvalue weighted by Gasteiger charge is 2.14. The Morgan fingerprint density at radius 2 is 1.59 bits per heavy atom. The van der Waals surface area contributed by atoms with E-state index in [0.717, 1.165) is 33.6 Å². The van der Waals surface area contributed by atoms with E-state index in [0.29, 0.717) is 17.5 Å². The Kier molecular flexibility index (Phi) is 4.91. The van der Waals surface area contributed by atoms with Crippen molar-refractivity contribution in [1.29, 1.82) is 0 Å². The summed E-state index contributed by atoms with van der Waals surface area (Å²) in [6.45, 7) is 6.09. The minimum atomic E-state index is 0.343. The van der Waals surface area contributed by atoms with E-state index in [4.69, 9.17) is 4.42 Å². The number of hydrogen-bond acceptors (Lipinski definition) is 6. The van der Waals surface area contributed by atoms with Crippen molar-refractivity contribution < 1.29 is 4.42 Å². The molecule has 29 heavy (non-hydrogen) atoms. The van der Waals surface area contributed by atoms with E-state index in [9.17, 15) is 0 Å². The normalized spacial score (nSPS) is 10.7. The Labute approximate surface area is 169 Å². The zero-order valence-electron chi connectivity index (χ0n) is 16.6. The summed E-state index contributed by atoms with van der Waals surface area (Å²) in [4.78, 5) is 11.0. The lowest BCUT2D eigenvalue weighted by atomic mass is 10.1. The molecule has 0 spiro atoms. The van der Waals surface area contributed by atoms with Crippen LogP contribution in [0.3, 0.4) is 0 Å². The van der Waals surface area contributed by atoms with Gasteiger partial charge in [-0.1, -0.05) is 49.0 Å². The highest BCUT2D eigenvalue weighted by Crippen LogP contribution is 2.27. The monoisotopic (exact) mass is 383 g/mol. The van der Waals surface area contributed by atoms with Crippen molar-refractivity contribution >= 4 is 5.70 Å². The number of benzene rings is 2. The minimum absolute atomic E-state index is 0.343. The van der Waals surface area contributed by atoms with Gasteiger partial charge in [0, 0.05) is 30.9 Å². The molecular weight excluding hydrogens is 362 g/mol. The second-order valence-corrected chi connectivity index (χ2v) is 6.94. The van der Waals surface area contributed by atoms with Crippen LogP contribution in [0.15, 0.2) is 71.9 Å². The van der Waals surface area contributed by atoms with Gasteiger partial charge in [-0.2, -0.15) is 0 Å². The van der Waals surface area contributed by atoms with Crippen LogP contribution in [0, 0.1) is 6.92 Å². The maximum absolute atomic E-state index is 5.86. The van der Waals surface area contributed by atoms with E-state index >= 15 is 0 Å². The van der Waals surface area contributed by atoms with Gasteiger partial charge in [-0.3, -0.25) is 4.98 Å². The minimum Gasteiger partial charge on any atom is -0.415 e. The van der Waals surface area contributed by atoms with Gasteiger partial charge >= 0.3 is 0 Å². The van der Waals surface area contributed by atoms with Crippen molar-refractivity contribution in [2.75, 3.05) is 14.1 Å². The number of nitrogens with zero attached hydrogens (tertiary/aromatic N) is 5. The van der Waals surface area contributed by atoms with Gasteiger partial charge in [-0.15, -0.1) is 10.2 Å². The van der Waals surface area contributed by atoms with Gasteiger partial charge in [0.05, 0.1) is 18.1 Å². The zero-order chi connectivity index (χ0) is 20.4. The first-order valence-electron chi connectivity index (χ1n) is 9.22. The Bertz CT molecular complexity index is 1160. The van der Waals surface area contributed by atoms with E-state index in [2.05, 4.69) is 26.7 Å². The third-order valence-electron chi connectivity index (χ3n) is 4.71. The second kappa shape index (κ2) is 7.67. The summed E-state index contributed by atoms with van der Waals surface area (Å²) >= 11 is 0. The summed E-state index contributed by atoms with van der Waals surface area (Å²) in [7, 11) is 3.95. The molecule has 0 atom stereocenters. The molecule has 2 aromatic heterocycles. The molecule has 6 nitrogen and oxygen atoms in total. The van der Waals surface area contributed by atoms with Gasteiger partial charge in [0.25, 0.3) is 5.89 Å². The van der Waals surface area contributed by atoms with Crippen LogP contribution in [0.25, 0.3) is 40.0 Å². The summed E-state index contributed by atoms with van der Waals surface area (Å²) in [5.74, 6) is 0.812. The molecule has 2 heterocycles.